The minimum absolute atomic E-state index is 0.199. The van der Waals surface area contributed by atoms with Crippen molar-refractivity contribution in [3.05, 3.63) is 26.6 Å². The summed E-state index contributed by atoms with van der Waals surface area (Å²) in [6.45, 7) is 5.06. The Morgan fingerprint density at radius 1 is 1.28 bits per heavy atom. The summed E-state index contributed by atoms with van der Waals surface area (Å²) < 4.78 is 7.12. The van der Waals surface area contributed by atoms with Crippen molar-refractivity contribution in [1.29, 1.82) is 0 Å². The molecule has 0 amide bonds. The second kappa shape index (κ2) is 7.48. The van der Waals surface area contributed by atoms with E-state index in [9.17, 15) is 0 Å². The van der Waals surface area contributed by atoms with Crippen molar-refractivity contribution in [2.75, 3.05) is 13.7 Å². The number of methoxy groups -OCH3 is 1. The van der Waals surface area contributed by atoms with Crippen molar-refractivity contribution in [2.45, 2.75) is 26.4 Å². The number of benzene rings is 1. The number of nitrogens with one attached hydrogen (secondary N) is 1. The van der Waals surface area contributed by atoms with E-state index in [0.29, 0.717) is 0 Å². The summed E-state index contributed by atoms with van der Waals surface area (Å²) in [6, 6.07) is 4.34. The Bertz CT molecular complexity index is 376. The van der Waals surface area contributed by atoms with Gasteiger partial charge < -0.3 is 15.2 Å². The van der Waals surface area contributed by atoms with Crippen molar-refractivity contribution in [1.82, 2.24) is 5.32 Å². The highest BCUT2D eigenvalue weighted by Gasteiger charge is 2.12. The van der Waals surface area contributed by atoms with Gasteiger partial charge in [0.1, 0.15) is 5.75 Å². The number of halogens is 2. The lowest BCUT2D eigenvalue weighted by Gasteiger charge is -2.19. The van der Waals surface area contributed by atoms with Gasteiger partial charge in [0.15, 0.2) is 0 Å². The lowest BCUT2D eigenvalue weighted by Crippen LogP contribution is -2.33. The smallest absolute Gasteiger partial charge is 0.147 e. The van der Waals surface area contributed by atoms with Crippen LogP contribution >= 0.6 is 31.9 Å². The van der Waals surface area contributed by atoms with Crippen LogP contribution in [0.15, 0.2) is 21.1 Å². The highest BCUT2D eigenvalue weighted by atomic mass is 79.9. The van der Waals surface area contributed by atoms with Crippen LogP contribution in [0.25, 0.3) is 0 Å². The van der Waals surface area contributed by atoms with E-state index in [1.807, 2.05) is 19.1 Å². The highest BCUT2D eigenvalue weighted by molar-refractivity contribution is 9.11. The Morgan fingerprint density at radius 2 is 1.83 bits per heavy atom. The van der Waals surface area contributed by atoms with Crippen molar-refractivity contribution < 1.29 is 9.84 Å². The Morgan fingerprint density at radius 3 is 2.28 bits per heavy atom. The highest BCUT2D eigenvalue weighted by Crippen LogP contribution is 2.34. The van der Waals surface area contributed by atoms with Gasteiger partial charge in [-0.2, -0.15) is 0 Å². The van der Waals surface area contributed by atoms with Gasteiger partial charge in [0, 0.05) is 19.2 Å². The second-order valence-corrected chi connectivity index (χ2v) is 6.13. The molecule has 0 aliphatic heterocycles. The first-order valence-corrected chi connectivity index (χ1v) is 7.44. The summed E-state index contributed by atoms with van der Waals surface area (Å²) in [6.07, 6.45) is 0. The first kappa shape index (κ1) is 16.0. The molecule has 0 radical (unpaired) electrons. The number of ether oxygens (including phenoxy) is 1. The van der Waals surface area contributed by atoms with Gasteiger partial charge >= 0.3 is 0 Å². The van der Waals surface area contributed by atoms with Gasteiger partial charge in [-0.05, 0) is 62.4 Å². The maximum Gasteiger partial charge on any atom is 0.147 e. The molecule has 1 aromatic rings. The van der Waals surface area contributed by atoms with Gasteiger partial charge in [0.25, 0.3) is 0 Å². The van der Waals surface area contributed by atoms with Crippen LogP contribution in [0.1, 0.15) is 19.4 Å². The van der Waals surface area contributed by atoms with Gasteiger partial charge in [0.05, 0.1) is 16.1 Å². The summed E-state index contributed by atoms with van der Waals surface area (Å²) in [7, 11) is 1.65. The number of rotatable bonds is 6. The van der Waals surface area contributed by atoms with Crippen molar-refractivity contribution in [3.63, 3.8) is 0 Å². The quantitative estimate of drug-likeness (QED) is 0.795. The Kier molecular flexibility index (Phi) is 6.63. The first-order valence-electron chi connectivity index (χ1n) is 5.85. The van der Waals surface area contributed by atoms with Crippen LogP contribution < -0.4 is 10.1 Å². The SMILES string of the molecule is COc1c(Br)cc(CNC(C)C(C)CO)cc1Br. The molecule has 2 atom stereocenters. The molecule has 3 nitrogen and oxygen atoms in total. The molecule has 0 aliphatic carbocycles. The molecule has 2 unspecified atom stereocenters. The fraction of sp³-hybridized carbons (Fsp3) is 0.538. The molecule has 0 fully saturated rings. The molecule has 0 bridgehead atoms. The predicted octanol–water partition coefficient (Wildman–Crippen LogP) is 3.33. The van der Waals surface area contributed by atoms with Gasteiger partial charge in [-0.3, -0.25) is 0 Å². The standard InChI is InChI=1S/C13H19Br2NO2/c1-8(7-17)9(2)16-6-10-4-11(14)13(18-3)12(15)5-10/h4-5,8-9,16-17H,6-7H2,1-3H3. The van der Waals surface area contributed by atoms with E-state index in [-0.39, 0.29) is 18.6 Å². The zero-order valence-electron chi connectivity index (χ0n) is 10.8. The maximum absolute atomic E-state index is 9.09. The molecule has 0 aliphatic rings. The van der Waals surface area contributed by atoms with Crippen molar-refractivity contribution >= 4 is 31.9 Å². The molecule has 102 valence electrons. The molecule has 2 N–H and O–H groups in total. The third kappa shape index (κ3) is 4.23. The molecular weight excluding hydrogens is 362 g/mol. The van der Waals surface area contributed by atoms with E-state index in [2.05, 4.69) is 44.1 Å². The molecule has 0 heterocycles. The summed E-state index contributed by atoms with van der Waals surface area (Å²) in [5.74, 6) is 1.05. The molecule has 0 saturated carbocycles. The van der Waals surface area contributed by atoms with Crippen LogP contribution in [-0.2, 0) is 6.54 Å². The maximum atomic E-state index is 9.09. The molecule has 18 heavy (non-hydrogen) atoms. The number of hydrogen-bond donors (Lipinski definition) is 2. The van der Waals surface area contributed by atoms with Crippen LogP contribution in [0.5, 0.6) is 5.75 Å². The molecule has 1 aromatic carbocycles. The monoisotopic (exact) mass is 379 g/mol. The second-order valence-electron chi connectivity index (χ2n) is 4.42. The van der Waals surface area contributed by atoms with Gasteiger partial charge in [-0.1, -0.05) is 6.92 Å². The average Bonchev–Trinajstić information content (AvgIpc) is 2.34. The summed E-state index contributed by atoms with van der Waals surface area (Å²) in [5, 5.41) is 12.5. The largest absolute Gasteiger partial charge is 0.494 e. The van der Waals surface area contributed by atoms with Crippen LogP contribution in [-0.4, -0.2) is 24.9 Å². The van der Waals surface area contributed by atoms with Gasteiger partial charge in [-0.15, -0.1) is 0 Å². The molecule has 1 rings (SSSR count). The molecule has 0 spiro atoms. The third-order valence-corrected chi connectivity index (χ3v) is 4.21. The zero-order chi connectivity index (χ0) is 13.7. The summed E-state index contributed by atoms with van der Waals surface area (Å²) >= 11 is 6.97. The normalized spacial score (nSPS) is 14.3. The van der Waals surface area contributed by atoms with Gasteiger partial charge in [-0.25, -0.2) is 0 Å². The first-order chi connectivity index (χ1) is 8.49. The number of hydrogen-bond acceptors (Lipinski definition) is 3. The van der Waals surface area contributed by atoms with E-state index in [1.165, 1.54) is 0 Å². The Labute approximate surface area is 125 Å². The summed E-state index contributed by atoms with van der Waals surface area (Å²) in [5.41, 5.74) is 1.16. The van der Waals surface area contributed by atoms with Crippen LogP contribution in [0, 0.1) is 5.92 Å². The third-order valence-electron chi connectivity index (χ3n) is 3.03. The topological polar surface area (TPSA) is 41.5 Å². The average molecular weight is 381 g/mol. The van der Waals surface area contributed by atoms with Gasteiger partial charge in [0.2, 0.25) is 0 Å². The lowest BCUT2D eigenvalue weighted by molar-refractivity contribution is 0.207. The van der Waals surface area contributed by atoms with Crippen LogP contribution in [0.3, 0.4) is 0 Å². The van der Waals surface area contributed by atoms with E-state index in [4.69, 9.17) is 9.84 Å². The van der Waals surface area contributed by atoms with Crippen LogP contribution in [0.2, 0.25) is 0 Å². The fourth-order valence-electron chi connectivity index (χ4n) is 1.55. The minimum atomic E-state index is 0.199. The summed E-state index contributed by atoms with van der Waals surface area (Å²) in [4.78, 5) is 0. The predicted molar refractivity (Wildman–Crippen MR) is 80.9 cm³/mol. The van der Waals surface area contributed by atoms with E-state index < -0.39 is 0 Å². The lowest BCUT2D eigenvalue weighted by atomic mass is 10.0. The Balaban J connectivity index is 2.69. The van der Waals surface area contributed by atoms with E-state index in [1.54, 1.807) is 7.11 Å². The molecular formula is C13H19Br2NO2. The minimum Gasteiger partial charge on any atom is -0.494 e. The fourth-order valence-corrected chi connectivity index (χ4v) is 3.15. The number of aliphatic hydroxyl groups excluding tert-OH is 1. The molecule has 0 saturated heterocycles. The Hall–Kier alpha value is -0.100. The number of aliphatic hydroxyl groups is 1. The van der Waals surface area contributed by atoms with Crippen molar-refractivity contribution in [3.8, 4) is 5.75 Å². The van der Waals surface area contributed by atoms with E-state index in [0.717, 1.165) is 26.8 Å². The molecule has 5 heteroatoms. The molecule has 0 aromatic heterocycles. The zero-order valence-corrected chi connectivity index (χ0v) is 14.0. The van der Waals surface area contributed by atoms with E-state index >= 15 is 0 Å². The van der Waals surface area contributed by atoms with Crippen LogP contribution in [0.4, 0.5) is 0 Å². The van der Waals surface area contributed by atoms with Crippen molar-refractivity contribution in [2.24, 2.45) is 5.92 Å².